The van der Waals surface area contributed by atoms with Gasteiger partial charge in [0, 0.05) is 6.54 Å². The van der Waals surface area contributed by atoms with Crippen molar-refractivity contribution in [3.63, 3.8) is 0 Å². The highest BCUT2D eigenvalue weighted by Gasteiger charge is 1.94. The minimum Gasteiger partial charge on any atom is -0.502 e. The summed E-state index contributed by atoms with van der Waals surface area (Å²) < 4.78 is 5.88. The first-order valence-corrected chi connectivity index (χ1v) is 5.67. The van der Waals surface area contributed by atoms with Gasteiger partial charge in [-0.05, 0) is 41.0 Å². The number of rotatable bonds is 7. The Bertz CT molecular complexity index is 304. The average Bonchev–Trinajstić information content (AvgIpc) is 2.23. The molecule has 1 N–H and O–H groups in total. The highest BCUT2D eigenvalue weighted by atomic mass is 79.9. The van der Waals surface area contributed by atoms with Crippen LogP contribution in [-0.4, -0.2) is 18.1 Å². The summed E-state index contributed by atoms with van der Waals surface area (Å²) in [5.41, 5.74) is 1.04. The number of aromatic nitrogens is 1. The van der Waals surface area contributed by atoms with Gasteiger partial charge in [0.15, 0.2) is 0 Å². The molecule has 0 bridgehead atoms. The lowest BCUT2D eigenvalue weighted by Crippen LogP contribution is -2.16. The van der Waals surface area contributed by atoms with Crippen molar-refractivity contribution in [3.05, 3.63) is 41.3 Å². The Balaban J connectivity index is 2.12. The third-order valence-corrected chi connectivity index (χ3v) is 2.25. The summed E-state index contributed by atoms with van der Waals surface area (Å²) in [6.07, 6.45) is 2.44. The van der Waals surface area contributed by atoms with Crippen LogP contribution in [0.25, 0.3) is 0 Å². The van der Waals surface area contributed by atoms with Gasteiger partial charge in [0.1, 0.15) is 4.60 Å². The molecular weight excluding hydrogens is 256 g/mol. The highest BCUT2D eigenvalue weighted by molar-refractivity contribution is 9.10. The van der Waals surface area contributed by atoms with E-state index in [9.17, 15) is 0 Å². The van der Waals surface area contributed by atoms with Crippen LogP contribution in [0.3, 0.4) is 0 Å². The van der Waals surface area contributed by atoms with Crippen molar-refractivity contribution in [3.8, 4) is 0 Å². The Labute approximate surface area is 98.7 Å². The molecular formula is C11H15BrN2O. The molecule has 0 aromatic carbocycles. The predicted molar refractivity (Wildman–Crippen MR) is 64.4 cm³/mol. The van der Waals surface area contributed by atoms with Crippen LogP contribution < -0.4 is 5.32 Å². The quantitative estimate of drug-likeness (QED) is 0.470. The Morgan fingerprint density at radius 3 is 3.13 bits per heavy atom. The van der Waals surface area contributed by atoms with Crippen molar-refractivity contribution >= 4 is 15.9 Å². The maximum absolute atomic E-state index is 5.01. The molecule has 0 aliphatic carbocycles. The summed E-state index contributed by atoms with van der Waals surface area (Å²) >= 11 is 3.34. The first-order chi connectivity index (χ1) is 7.33. The second-order valence-corrected chi connectivity index (χ2v) is 3.83. The molecule has 0 saturated carbocycles. The minimum atomic E-state index is 0.711. The molecule has 0 unspecified atom stereocenters. The van der Waals surface area contributed by atoms with Crippen molar-refractivity contribution in [1.29, 1.82) is 0 Å². The van der Waals surface area contributed by atoms with Crippen molar-refractivity contribution in [2.45, 2.75) is 13.0 Å². The van der Waals surface area contributed by atoms with Crippen molar-refractivity contribution in [1.82, 2.24) is 10.3 Å². The number of nitrogens with one attached hydrogen (secondary N) is 1. The summed E-state index contributed by atoms with van der Waals surface area (Å²) in [7, 11) is 0. The van der Waals surface area contributed by atoms with Crippen LogP contribution in [-0.2, 0) is 11.3 Å². The summed E-state index contributed by atoms with van der Waals surface area (Å²) in [5.74, 6) is 0. The van der Waals surface area contributed by atoms with Crippen molar-refractivity contribution in [2.24, 2.45) is 0 Å². The van der Waals surface area contributed by atoms with Crippen LogP contribution >= 0.6 is 15.9 Å². The summed E-state index contributed by atoms with van der Waals surface area (Å²) in [6, 6.07) is 5.90. The third-order valence-electron chi connectivity index (χ3n) is 1.81. The van der Waals surface area contributed by atoms with Gasteiger partial charge in [-0.2, -0.15) is 0 Å². The van der Waals surface area contributed by atoms with E-state index in [0.29, 0.717) is 6.61 Å². The Morgan fingerprint density at radius 1 is 1.53 bits per heavy atom. The predicted octanol–water partition coefficient (Wildman–Crippen LogP) is 2.48. The molecule has 1 rings (SSSR count). The smallest absolute Gasteiger partial charge is 0.106 e. The molecule has 0 amide bonds. The molecule has 1 heterocycles. The molecule has 0 radical (unpaired) electrons. The first-order valence-electron chi connectivity index (χ1n) is 4.87. The van der Waals surface area contributed by atoms with Gasteiger partial charge in [0.2, 0.25) is 0 Å². The van der Waals surface area contributed by atoms with E-state index in [2.05, 4.69) is 32.8 Å². The van der Waals surface area contributed by atoms with Crippen LogP contribution in [0, 0.1) is 0 Å². The normalized spacial score (nSPS) is 9.93. The van der Waals surface area contributed by atoms with Gasteiger partial charge in [-0.15, -0.1) is 0 Å². The Kier molecular flexibility index (Phi) is 6.04. The fourth-order valence-electron chi connectivity index (χ4n) is 1.13. The van der Waals surface area contributed by atoms with Gasteiger partial charge in [-0.3, -0.25) is 0 Å². The number of hydrogen-bond donors (Lipinski definition) is 1. The summed E-state index contributed by atoms with van der Waals surface area (Å²) in [4.78, 5) is 4.31. The molecule has 3 nitrogen and oxygen atoms in total. The number of nitrogens with zero attached hydrogens (tertiary/aromatic N) is 1. The molecule has 1 aromatic heterocycles. The minimum absolute atomic E-state index is 0.711. The van der Waals surface area contributed by atoms with Gasteiger partial charge in [-0.25, -0.2) is 4.98 Å². The van der Waals surface area contributed by atoms with E-state index < -0.39 is 0 Å². The molecule has 0 fully saturated rings. The lowest BCUT2D eigenvalue weighted by atomic mass is 10.3. The number of hydrogen-bond acceptors (Lipinski definition) is 3. The Morgan fingerprint density at radius 2 is 2.40 bits per heavy atom. The number of pyridine rings is 1. The molecule has 0 atom stereocenters. The molecule has 0 aliphatic rings. The maximum atomic E-state index is 5.01. The average molecular weight is 271 g/mol. The van der Waals surface area contributed by atoms with Gasteiger partial charge in [-0.1, -0.05) is 12.6 Å². The maximum Gasteiger partial charge on any atom is 0.106 e. The topological polar surface area (TPSA) is 34.1 Å². The molecule has 0 spiro atoms. The molecule has 0 saturated heterocycles. The lowest BCUT2D eigenvalue weighted by Gasteiger charge is -2.04. The van der Waals surface area contributed by atoms with Crippen LogP contribution in [0.4, 0.5) is 0 Å². The van der Waals surface area contributed by atoms with E-state index in [1.165, 1.54) is 6.26 Å². The molecule has 1 aromatic rings. The van der Waals surface area contributed by atoms with Gasteiger partial charge >= 0.3 is 0 Å². The zero-order valence-corrected chi connectivity index (χ0v) is 10.2. The lowest BCUT2D eigenvalue weighted by molar-refractivity contribution is 0.244. The van der Waals surface area contributed by atoms with E-state index in [0.717, 1.165) is 29.8 Å². The van der Waals surface area contributed by atoms with E-state index in [-0.39, 0.29) is 0 Å². The fourth-order valence-corrected chi connectivity index (χ4v) is 1.51. The SMILES string of the molecule is C=COCCCNCc1cccc(Br)n1. The molecule has 0 aliphatic heterocycles. The van der Waals surface area contributed by atoms with Crippen molar-refractivity contribution in [2.75, 3.05) is 13.2 Å². The van der Waals surface area contributed by atoms with E-state index >= 15 is 0 Å². The zero-order valence-electron chi connectivity index (χ0n) is 8.58. The zero-order chi connectivity index (χ0) is 10.9. The summed E-state index contributed by atoms with van der Waals surface area (Å²) in [5, 5.41) is 3.29. The van der Waals surface area contributed by atoms with Crippen LogP contribution in [0.15, 0.2) is 35.6 Å². The van der Waals surface area contributed by atoms with Crippen LogP contribution in [0.1, 0.15) is 12.1 Å². The highest BCUT2D eigenvalue weighted by Crippen LogP contribution is 2.05. The van der Waals surface area contributed by atoms with Crippen molar-refractivity contribution < 1.29 is 4.74 Å². The Hall–Kier alpha value is -0.870. The largest absolute Gasteiger partial charge is 0.502 e. The van der Waals surface area contributed by atoms with Crippen LogP contribution in [0.2, 0.25) is 0 Å². The second-order valence-electron chi connectivity index (χ2n) is 3.02. The monoisotopic (exact) mass is 270 g/mol. The summed E-state index contributed by atoms with van der Waals surface area (Å²) in [6.45, 7) is 5.89. The fraction of sp³-hybridized carbons (Fsp3) is 0.364. The van der Waals surface area contributed by atoms with E-state index in [4.69, 9.17) is 4.74 Å². The number of halogens is 1. The van der Waals surface area contributed by atoms with E-state index in [1.807, 2.05) is 18.2 Å². The van der Waals surface area contributed by atoms with Crippen LogP contribution in [0.5, 0.6) is 0 Å². The number of ether oxygens (including phenoxy) is 1. The molecule has 4 heteroatoms. The second kappa shape index (κ2) is 7.43. The standard InChI is InChI=1S/C11H15BrN2O/c1-2-15-8-4-7-13-9-10-5-3-6-11(12)14-10/h2-3,5-6,13H,1,4,7-9H2. The van der Waals surface area contributed by atoms with Gasteiger partial charge in [0.25, 0.3) is 0 Å². The van der Waals surface area contributed by atoms with E-state index in [1.54, 1.807) is 0 Å². The molecule has 82 valence electrons. The van der Waals surface area contributed by atoms with Gasteiger partial charge in [0.05, 0.1) is 18.6 Å². The van der Waals surface area contributed by atoms with Gasteiger partial charge < -0.3 is 10.1 Å². The third kappa shape index (κ3) is 5.54. The molecule has 15 heavy (non-hydrogen) atoms. The first kappa shape index (κ1) is 12.2.